The van der Waals surface area contributed by atoms with Gasteiger partial charge in [0.15, 0.2) is 0 Å². The smallest absolute Gasteiger partial charge is 0.226 e. The highest BCUT2D eigenvalue weighted by Gasteiger charge is 2.20. The molecular weight excluding hydrogens is 308 g/mol. The summed E-state index contributed by atoms with van der Waals surface area (Å²) < 4.78 is 0. The second-order valence-corrected chi connectivity index (χ2v) is 7.06. The number of nitrogens with zero attached hydrogens (tertiary/aromatic N) is 3. The summed E-state index contributed by atoms with van der Waals surface area (Å²) in [5.41, 5.74) is 2.08. The van der Waals surface area contributed by atoms with E-state index < -0.39 is 0 Å². The minimum atomic E-state index is 0.0661. The molecule has 2 aromatic heterocycles. The fourth-order valence-corrected chi connectivity index (χ4v) is 3.61. The number of carbonyl (C=O) groups is 1. The highest BCUT2D eigenvalue weighted by atomic mass is 32.1. The number of thiazole rings is 1. The van der Waals surface area contributed by atoms with Crippen molar-refractivity contribution in [3.05, 3.63) is 40.6 Å². The Hall–Kier alpha value is -1.95. The molecule has 23 heavy (non-hydrogen) atoms. The Morgan fingerprint density at radius 1 is 1.43 bits per heavy atom. The Morgan fingerprint density at radius 2 is 2.26 bits per heavy atom. The molecule has 1 N–H and O–H groups in total. The van der Waals surface area contributed by atoms with Gasteiger partial charge in [0.2, 0.25) is 5.91 Å². The van der Waals surface area contributed by atoms with Gasteiger partial charge in [0.1, 0.15) is 0 Å². The summed E-state index contributed by atoms with van der Waals surface area (Å²) in [5.74, 6) is 0.564. The van der Waals surface area contributed by atoms with Gasteiger partial charge in [-0.05, 0) is 37.8 Å². The maximum Gasteiger partial charge on any atom is 0.226 e. The van der Waals surface area contributed by atoms with E-state index in [2.05, 4.69) is 20.2 Å². The van der Waals surface area contributed by atoms with Crippen molar-refractivity contribution in [1.29, 1.82) is 0 Å². The minimum absolute atomic E-state index is 0.0661. The lowest BCUT2D eigenvalue weighted by Gasteiger charge is -2.34. The molecule has 0 saturated carbocycles. The number of aromatic nitrogens is 2. The Bertz CT molecular complexity index is 643. The SMILES string of the molecule is Cc1nc(CC(=O)NCC2CCCN(c3ccncc3)C2)cs1. The number of carbonyl (C=O) groups excluding carboxylic acids is 1. The van der Waals surface area contributed by atoms with Gasteiger partial charge in [0, 0.05) is 43.1 Å². The maximum absolute atomic E-state index is 12.0. The van der Waals surface area contributed by atoms with Crippen LogP contribution in [0.25, 0.3) is 0 Å². The topological polar surface area (TPSA) is 58.1 Å². The highest BCUT2D eigenvalue weighted by Crippen LogP contribution is 2.22. The number of anilines is 1. The molecule has 1 saturated heterocycles. The lowest BCUT2D eigenvalue weighted by molar-refractivity contribution is -0.120. The summed E-state index contributed by atoms with van der Waals surface area (Å²) >= 11 is 1.59. The molecule has 1 amide bonds. The van der Waals surface area contributed by atoms with Crippen LogP contribution in [0.3, 0.4) is 0 Å². The van der Waals surface area contributed by atoms with Gasteiger partial charge in [-0.25, -0.2) is 4.98 Å². The van der Waals surface area contributed by atoms with E-state index in [4.69, 9.17) is 0 Å². The van der Waals surface area contributed by atoms with Gasteiger partial charge in [-0.15, -0.1) is 11.3 Å². The van der Waals surface area contributed by atoms with Crippen molar-refractivity contribution in [2.45, 2.75) is 26.2 Å². The van der Waals surface area contributed by atoms with Gasteiger partial charge < -0.3 is 10.2 Å². The number of aryl methyl sites for hydroxylation is 1. The van der Waals surface area contributed by atoms with Gasteiger partial charge >= 0.3 is 0 Å². The maximum atomic E-state index is 12.0. The third-order valence-electron chi connectivity index (χ3n) is 4.14. The van der Waals surface area contributed by atoms with Crippen molar-refractivity contribution >= 4 is 22.9 Å². The van der Waals surface area contributed by atoms with Gasteiger partial charge in [0.05, 0.1) is 17.1 Å². The third-order valence-corrected chi connectivity index (χ3v) is 4.97. The molecule has 1 atom stereocenters. The quantitative estimate of drug-likeness (QED) is 0.915. The molecule has 0 spiro atoms. The number of hydrogen-bond donors (Lipinski definition) is 1. The number of nitrogens with one attached hydrogen (secondary N) is 1. The first-order valence-electron chi connectivity index (χ1n) is 8.03. The van der Waals surface area contributed by atoms with E-state index >= 15 is 0 Å². The van der Waals surface area contributed by atoms with E-state index in [9.17, 15) is 4.79 Å². The first kappa shape index (κ1) is 15.9. The lowest BCUT2D eigenvalue weighted by Crippen LogP contribution is -2.41. The van der Waals surface area contributed by atoms with Crippen molar-refractivity contribution in [2.75, 3.05) is 24.5 Å². The van der Waals surface area contributed by atoms with E-state index in [0.717, 1.165) is 43.2 Å². The fourth-order valence-electron chi connectivity index (χ4n) is 3.00. The molecule has 0 radical (unpaired) electrons. The molecule has 1 aliphatic rings. The van der Waals surface area contributed by atoms with Crippen molar-refractivity contribution in [3.8, 4) is 0 Å². The molecule has 3 rings (SSSR count). The zero-order valence-corrected chi connectivity index (χ0v) is 14.2. The molecule has 6 heteroatoms. The summed E-state index contributed by atoms with van der Waals surface area (Å²) in [5, 5.41) is 6.04. The van der Waals surface area contributed by atoms with E-state index in [1.165, 1.54) is 5.69 Å². The van der Waals surface area contributed by atoms with Crippen LogP contribution in [0.1, 0.15) is 23.5 Å². The van der Waals surface area contributed by atoms with Crippen LogP contribution >= 0.6 is 11.3 Å². The first-order chi connectivity index (χ1) is 11.2. The van der Waals surface area contributed by atoms with Gasteiger partial charge in [0.25, 0.3) is 0 Å². The van der Waals surface area contributed by atoms with Crippen molar-refractivity contribution in [1.82, 2.24) is 15.3 Å². The molecule has 122 valence electrons. The van der Waals surface area contributed by atoms with Crippen LogP contribution in [0.4, 0.5) is 5.69 Å². The predicted molar refractivity (Wildman–Crippen MR) is 92.7 cm³/mol. The fraction of sp³-hybridized carbons (Fsp3) is 0.471. The van der Waals surface area contributed by atoms with E-state index in [1.54, 1.807) is 11.3 Å². The van der Waals surface area contributed by atoms with Crippen molar-refractivity contribution in [3.63, 3.8) is 0 Å². The molecular formula is C17H22N4OS. The van der Waals surface area contributed by atoms with Crippen LogP contribution in [0.2, 0.25) is 0 Å². The number of hydrogen-bond acceptors (Lipinski definition) is 5. The summed E-state index contributed by atoms with van der Waals surface area (Å²) in [6, 6.07) is 4.09. The number of pyridine rings is 1. The number of rotatable bonds is 5. The van der Waals surface area contributed by atoms with E-state index in [-0.39, 0.29) is 5.91 Å². The number of amides is 1. The molecule has 1 aliphatic heterocycles. The molecule has 1 fully saturated rings. The number of piperidine rings is 1. The zero-order valence-electron chi connectivity index (χ0n) is 13.4. The molecule has 3 heterocycles. The Kier molecular flexibility index (Phi) is 5.23. The van der Waals surface area contributed by atoms with Crippen LogP contribution in [0.15, 0.2) is 29.9 Å². The normalized spacial score (nSPS) is 18.0. The second-order valence-electron chi connectivity index (χ2n) is 6.00. The van der Waals surface area contributed by atoms with Gasteiger partial charge in [-0.2, -0.15) is 0 Å². The van der Waals surface area contributed by atoms with Gasteiger partial charge in [-0.3, -0.25) is 9.78 Å². The van der Waals surface area contributed by atoms with Crippen molar-refractivity contribution in [2.24, 2.45) is 5.92 Å². The molecule has 0 aliphatic carbocycles. The highest BCUT2D eigenvalue weighted by molar-refractivity contribution is 7.09. The van der Waals surface area contributed by atoms with Crippen LogP contribution in [0, 0.1) is 12.8 Å². The monoisotopic (exact) mass is 330 g/mol. The lowest BCUT2D eigenvalue weighted by atomic mass is 9.97. The molecule has 2 aromatic rings. The zero-order chi connectivity index (χ0) is 16.1. The van der Waals surface area contributed by atoms with E-state index in [1.807, 2.05) is 36.8 Å². The Morgan fingerprint density at radius 3 is 3.00 bits per heavy atom. The van der Waals surface area contributed by atoms with Crippen LogP contribution in [-0.2, 0) is 11.2 Å². The predicted octanol–water partition coefficient (Wildman–Crippen LogP) is 2.42. The average Bonchev–Trinajstić information content (AvgIpc) is 2.99. The second kappa shape index (κ2) is 7.55. The largest absolute Gasteiger partial charge is 0.371 e. The molecule has 0 bridgehead atoms. The summed E-state index contributed by atoms with van der Waals surface area (Å²) in [4.78, 5) is 22.8. The summed E-state index contributed by atoms with van der Waals surface area (Å²) in [6.45, 7) is 4.76. The first-order valence-corrected chi connectivity index (χ1v) is 8.91. The van der Waals surface area contributed by atoms with Crippen LogP contribution < -0.4 is 10.2 Å². The molecule has 1 unspecified atom stereocenters. The van der Waals surface area contributed by atoms with Gasteiger partial charge in [-0.1, -0.05) is 0 Å². The standard InChI is InChI=1S/C17H22N4OS/c1-13-20-15(12-23-13)9-17(22)19-10-14-3-2-8-21(11-14)16-4-6-18-7-5-16/h4-7,12,14H,2-3,8-11H2,1H3,(H,19,22). The van der Waals surface area contributed by atoms with E-state index in [0.29, 0.717) is 12.3 Å². The molecule has 5 nitrogen and oxygen atoms in total. The summed E-state index contributed by atoms with van der Waals surface area (Å²) in [6.07, 6.45) is 6.37. The van der Waals surface area contributed by atoms with Crippen LogP contribution in [0.5, 0.6) is 0 Å². The Balaban J connectivity index is 1.47. The third kappa shape index (κ3) is 4.51. The Labute approximate surface area is 140 Å². The average molecular weight is 330 g/mol. The molecule has 0 aromatic carbocycles. The summed E-state index contributed by atoms with van der Waals surface area (Å²) in [7, 11) is 0. The van der Waals surface area contributed by atoms with Crippen molar-refractivity contribution < 1.29 is 4.79 Å². The minimum Gasteiger partial charge on any atom is -0.371 e. The van der Waals surface area contributed by atoms with Crippen LogP contribution in [-0.4, -0.2) is 35.5 Å².